The van der Waals surface area contributed by atoms with Crippen molar-refractivity contribution in [3.8, 4) is 23.0 Å². The van der Waals surface area contributed by atoms with Gasteiger partial charge in [-0.25, -0.2) is 9.59 Å². The number of aromatic hydroxyl groups is 4. The van der Waals surface area contributed by atoms with E-state index in [4.69, 9.17) is 0 Å². The number of carboxylic acids is 2. The predicted octanol–water partition coefficient (Wildman–Crippen LogP) is 5.40. The molecule has 0 amide bonds. The van der Waals surface area contributed by atoms with Gasteiger partial charge in [-0.15, -0.1) is 10.2 Å². The number of nitrogens with zero attached hydrogens (tertiary/aromatic N) is 4. The second-order valence-corrected chi connectivity index (χ2v) is 12.2. The molecule has 0 fully saturated rings. The topological polar surface area (TPSA) is 314 Å². The van der Waals surface area contributed by atoms with Crippen LogP contribution in [0.25, 0.3) is 12.2 Å². The zero-order chi connectivity index (χ0) is 35.6. The first-order valence-electron chi connectivity index (χ1n) is 12.7. The number of carboxylic acid groups (broad SMARTS) is 2. The smallest absolute Gasteiger partial charge is 0.341 e. The average Bonchev–Trinajstić information content (AvgIpc) is 2.99. The standard InChI is InChI=1S/C28H20N4O14S2/c33-17-7-9-19(35)25(23(17)27(37)38)31-29-15-5-3-13(21(11-15)47(41,42)43)1-2-14-4-6-16(12-22(14)48(44,45)46)30-32-26-20(36)10-8-18(34)24(26)28(39)40/h1-12,33-36H,(H,37,38)(H,39,40)(H,41,42,43)(H,44,45,46)/b2-1+,31-29?,32-30?. The van der Waals surface area contributed by atoms with Gasteiger partial charge in [0.05, 0.1) is 11.4 Å². The van der Waals surface area contributed by atoms with Crippen LogP contribution in [0.15, 0.2) is 90.9 Å². The van der Waals surface area contributed by atoms with Gasteiger partial charge < -0.3 is 30.6 Å². The first-order chi connectivity index (χ1) is 22.4. The number of aromatic carboxylic acids is 2. The number of carbonyl (C=O) groups is 2. The lowest BCUT2D eigenvalue weighted by molar-refractivity contribution is 0.0683. The Kier molecular flexibility index (Phi) is 9.57. The van der Waals surface area contributed by atoms with Crippen LogP contribution in [0.2, 0.25) is 0 Å². The zero-order valence-corrected chi connectivity index (χ0v) is 25.2. The normalized spacial score (nSPS) is 12.3. The van der Waals surface area contributed by atoms with Crippen LogP contribution in [0.4, 0.5) is 22.7 Å². The molecule has 4 rings (SSSR count). The molecule has 248 valence electrons. The molecule has 4 aromatic rings. The third-order valence-corrected chi connectivity index (χ3v) is 8.04. The summed E-state index contributed by atoms with van der Waals surface area (Å²) in [5, 5.41) is 72.8. The van der Waals surface area contributed by atoms with Gasteiger partial charge in [0.25, 0.3) is 20.2 Å². The average molecular weight is 701 g/mol. The molecule has 20 heteroatoms. The number of phenols is 4. The summed E-state index contributed by atoms with van der Waals surface area (Å²) in [6, 6.07) is 9.85. The van der Waals surface area contributed by atoms with E-state index < -0.39 is 87.5 Å². The van der Waals surface area contributed by atoms with Crippen LogP contribution < -0.4 is 0 Å². The van der Waals surface area contributed by atoms with Crippen molar-refractivity contribution in [2.24, 2.45) is 20.5 Å². The molecule has 0 aromatic heterocycles. The minimum absolute atomic E-state index is 0.228. The summed E-state index contributed by atoms with van der Waals surface area (Å²) in [6.45, 7) is 0. The van der Waals surface area contributed by atoms with Crippen LogP contribution in [0.3, 0.4) is 0 Å². The first kappa shape index (κ1) is 34.6. The van der Waals surface area contributed by atoms with Gasteiger partial charge in [0.1, 0.15) is 55.3 Å². The Morgan fingerprint density at radius 3 is 1.17 bits per heavy atom. The first-order valence-corrected chi connectivity index (χ1v) is 15.6. The lowest BCUT2D eigenvalue weighted by Crippen LogP contribution is -2.01. The maximum absolute atomic E-state index is 12.2. The number of benzene rings is 4. The molecule has 0 bridgehead atoms. The summed E-state index contributed by atoms with van der Waals surface area (Å²) in [6.07, 6.45) is 2.09. The molecule has 0 aliphatic heterocycles. The van der Waals surface area contributed by atoms with E-state index in [0.29, 0.717) is 0 Å². The van der Waals surface area contributed by atoms with E-state index in [1.165, 1.54) is 0 Å². The number of hydrogen-bond donors (Lipinski definition) is 8. The van der Waals surface area contributed by atoms with Crippen molar-refractivity contribution in [3.05, 3.63) is 82.9 Å². The summed E-state index contributed by atoms with van der Waals surface area (Å²) in [5.41, 5.74) is -3.88. The van der Waals surface area contributed by atoms with Crippen molar-refractivity contribution in [2.45, 2.75) is 9.79 Å². The van der Waals surface area contributed by atoms with Crippen molar-refractivity contribution in [3.63, 3.8) is 0 Å². The number of phenolic OH excluding ortho intramolecular Hbond substituents is 2. The van der Waals surface area contributed by atoms with Gasteiger partial charge in [0.15, 0.2) is 0 Å². The highest BCUT2D eigenvalue weighted by molar-refractivity contribution is 7.86. The molecule has 0 atom stereocenters. The van der Waals surface area contributed by atoms with Crippen molar-refractivity contribution in [1.82, 2.24) is 0 Å². The Balaban J connectivity index is 1.73. The summed E-state index contributed by atoms with van der Waals surface area (Å²) in [7, 11) is -9.97. The highest BCUT2D eigenvalue weighted by Crippen LogP contribution is 2.39. The second-order valence-electron chi connectivity index (χ2n) is 9.39. The lowest BCUT2D eigenvalue weighted by Gasteiger charge is -2.07. The minimum atomic E-state index is -4.99. The maximum atomic E-state index is 12.2. The van der Waals surface area contributed by atoms with Crippen LogP contribution in [-0.4, -0.2) is 68.5 Å². The molecule has 8 N–H and O–H groups in total. The fourth-order valence-electron chi connectivity index (χ4n) is 4.05. The molecule has 0 saturated carbocycles. The van der Waals surface area contributed by atoms with E-state index in [9.17, 15) is 66.2 Å². The predicted molar refractivity (Wildman–Crippen MR) is 163 cm³/mol. The van der Waals surface area contributed by atoms with Crippen LogP contribution in [0.1, 0.15) is 31.8 Å². The molecular formula is C28H20N4O14S2. The zero-order valence-electron chi connectivity index (χ0n) is 23.6. The van der Waals surface area contributed by atoms with Gasteiger partial charge in [0.2, 0.25) is 0 Å². The molecule has 4 aromatic carbocycles. The summed E-state index contributed by atoms with van der Waals surface area (Å²) in [4.78, 5) is 21.4. The van der Waals surface area contributed by atoms with E-state index >= 15 is 0 Å². The van der Waals surface area contributed by atoms with E-state index in [1.54, 1.807) is 0 Å². The number of hydrogen-bond acceptors (Lipinski definition) is 14. The SMILES string of the molecule is O=C(O)c1c(O)ccc(O)c1N=Nc1ccc(/C=C/c2ccc(N=Nc3c(O)ccc(O)c3C(=O)O)cc2S(=O)(=O)O)c(S(=O)(=O)O)c1. The Labute approximate surface area is 269 Å². The maximum Gasteiger partial charge on any atom is 0.341 e. The third kappa shape index (κ3) is 7.59. The largest absolute Gasteiger partial charge is 0.507 e. The van der Waals surface area contributed by atoms with Crippen LogP contribution in [0, 0.1) is 0 Å². The fraction of sp³-hybridized carbons (Fsp3) is 0. The molecule has 0 saturated heterocycles. The van der Waals surface area contributed by atoms with Gasteiger partial charge in [-0.1, -0.05) is 24.3 Å². The lowest BCUT2D eigenvalue weighted by atomic mass is 10.1. The quantitative estimate of drug-likeness (QED) is 0.0444. The summed E-state index contributed by atoms with van der Waals surface area (Å²) < 4.78 is 68.3. The van der Waals surface area contributed by atoms with Crippen molar-refractivity contribution >= 4 is 67.1 Å². The van der Waals surface area contributed by atoms with Crippen LogP contribution in [-0.2, 0) is 20.2 Å². The Hall–Kier alpha value is -6.22. The van der Waals surface area contributed by atoms with E-state index in [-0.39, 0.29) is 22.5 Å². The molecule has 0 unspecified atom stereocenters. The molecule has 0 spiro atoms. The highest BCUT2D eigenvalue weighted by atomic mass is 32.2. The van der Waals surface area contributed by atoms with Gasteiger partial charge in [0, 0.05) is 0 Å². The summed E-state index contributed by atoms with van der Waals surface area (Å²) in [5.74, 6) is -6.13. The molecular weight excluding hydrogens is 680 g/mol. The minimum Gasteiger partial charge on any atom is -0.507 e. The number of azo groups is 2. The molecule has 48 heavy (non-hydrogen) atoms. The van der Waals surface area contributed by atoms with Gasteiger partial charge in [-0.3, -0.25) is 9.11 Å². The highest BCUT2D eigenvalue weighted by Gasteiger charge is 2.22. The molecule has 0 aliphatic carbocycles. The third-order valence-electron chi connectivity index (χ3n) is 6.22. The van der Waals surface area contributed by atoms with E-state index in [0.717, 1.165) is 72.8 Å². The monoisotopic (exact) mass is 700 g/mol. The van der Waals surface area contributed by atoms with Crippen molar-refractivity contribution < 1.29 is 66.2 Å². The molecule has 0 aliphatic rings. The molecule has 0 heterocycles. The second kappa shape index (κ2) is 13.3. The van der Waals surface area contributed by atoms with Gasteiger partial charge in [-0.05, 0) is 59.7 Å². The van der Waals surface area contributed by atoms with Gasteiger partial charge in [-0.2, -0.15) is 27.1 Å². The Morgan fingerprint density at radius 1 is 0.521 bits per heavy atom. The van der Waals surface area contributed by atoms with Crippen molar-refractivity contribution in [1.29, 1.82) is 0 Å². The molecule has 0 radical (unpaired) electrons. The van der Waals surface area contributed by atoms with E-state index in [2.05, 4.69) is 20.5 Å². The van der Waals surface area contributed by atoms with Crippen LogP contribution in [0.5, 0.6) is 23.0 Å². The fourth-order valence-corrected chi connectivity index (χ4v) is 5.46. The van der Waals surface area contributed by atoms with E-state index in [1.807, 2.05) is 0 Å². The van der Waals surface area contributed by atoms with Gasteiger partial charge >= 0.3 is 11.9 Å². The van der Waals surface area contributed by atoms with Crippen LogP contribution >= 0.6 is 0 Å². The Morgan fingerprint density at radius 2 is 0.854 bits per heavy atom. The number of rotatable bonds is 10. The van der Waals surface area contributed by atoms with Crippen molar-refractivity contribution in [2.75, 3.05) is 0 Å². The summed E-state index contributed by atoms with van der Waals surface area (Å²) >= 11 is 0. The molecule has 18 nitrogen and oxygen atoms in total. The Bertz CT molecular complexity index is 2140.